The van der Waals surface area contributed by atoms with Gasteiger partial charge in [0, 0.05) is 0 Å². The Labute approximate surface area is 84.5 Å². The number of rotatable bonds is 6. The van der Waals surface area contributed by atoms with Gasteiger partial charge in [-0.2, -0.15) is 0 Å². The summed E-state index contributed by atoms with van der Waals surface area (Å²) >= 11 is 0. The minimum absolute atomic E-state index is 0.0671. The zero-order valence-electron chi connectivity index (χ0n) is 8.52. The highest BCUT2D eigenvalue weighted by Crippen LogP contribution is 2.01. The monoisotopic (exact) mass is 223 g/mol. The first-order chi connectivity index (χ1) is 6.41. The van der Waals surface area contributed by atoms with Gasteiger partial charge in [-0.3, -0.25) is 4.79 Å². The fourth-order valence-electron chi connectivity index (χ4n) is 0.943. The molecule has 0 aliphatic carbocycles. The van der Waals surface area contributed by atoms with E-state index in [-0.39, 0.29) is 18.3 Å². The van der Waals surface area contributed by atoms with E-state index in [4.69, 9.17) is 5.73 Å². The standard InChI is InChI=1S/C8H17NO4S/c1-3-13-8(10)6-14(11,12)5-7(2)4-9/h7H,3-6,9H2,1-2H3. The Morgan fingerprint density at radius 1 is 1.50 bits per heavy atom. The van der Waals surface area contributed by atoms with Gasteiger partial charge >= 0.3 is 5.97 Å². The minimum atomic E-state index is -3.37. The van der Waals surface area contributed by atoms with Crippen LogP contribution < -0.4 is 5.73 Å². The van der Waals surface area contributed by atoms with Crippen molar-refractivity contribution in [2.45, 2.75) is 13.8 Å². The number of nitrogens with two attached hydrogens (primary N) is 1. The summed E-state index contributed by atoms with van der Waals surface area (Å²) in [5.41, 5.74) is 5.29. The van der Waals surface area contributed by atoms with Gasteiger partial charge in [0.05, 0.1) is 12.4 Å². The molecule has 0 aromatic heterocycles. The van der Waals surface area contributed by atoms with Crippen LogP contribution in [0, 0.1) is 5.92 Å². The summed E-state index contributed by atoms with van der Waals surface area (Å²) in [6, 6.07) is 0. The molecule has 84 valence electrons. The SMILES string of the molecule is CCOC(=O)CS(=O)(=O)CC(C)CN. The van der Waals surface area contributed by atoms with Crippen LogP contribution in [0.5, 0.6) is 0 Å². The van der Waals surface area contributed by atoms with Gasteiger partial charge in [0.15, 0.2) is 9.84 Å². The number of esters is 1. The summed E-state index contributed by atoms with van der Waals surface area (Å²) in [5.74, 6) is -1.45. The van der Waals surface area contributed by atoms with E-state index in [0.717, 1.165) is 0 Å². The molecule has 0 spiro atoms. The molecule has 0 aliphatic rings. The quantitative estimate of drug-likeness (QED) is 0.617. The van der Waals surface area contributed by atoms with E-state index in [1.54, 1.807) is 13.8 Å². The molecule has 0 bridgehead atoms. The lowest BCUT2D eigenvalue weighted by Crippen LogP contribution is -2.27. The maximum Gasteiger partial charge on any atom is 0.321 e. The molecule has 0 amide bonds. The van der Waals surface area contributed by atoms with Crippen molar-refractivity contribution in [1.29, 1.82) is 0 Å². The molecule has 0 aliphatic heterocycles. The highest BCUT2D eigenvalue weighted by molar-refractivity contribution is 7.92. The number of carbonyl (C=O) groups is 1. The van der Waals surface area contributed by atoms with Crippen LogP contribution in [0.2, 0.25) is 0 Å². The summed E-state index contributed by atoms with van der Waals surface area (Å²) in [7, 11) is -3.37. The second-order valence-electron chi connectivity index (χ2n) is 3.20. The van der Waals surface area contributed by atoms with Crippen molar-refractivity contribution in [2.24, 2.45) is 11.7 Å². The zero-order chi connectivity index (χ0) is 11.2. The normalized spacial score (nSPS) is 13.6. The van der Waals surface area contributed by atoms with Gasteiger partial charge < -0.3 is 10.5 Å². The molecule has 1 atom stereocenters. The van der Waals surface area contributed by atoms with Gasteiger partial charge in [0.25, 0.3) is 0 Å². The zero-order valence-corrected chi connectivity index (χ0v) is 9.34. The van der Waals surface area contributed by atoms with Gasteiger partial charge in [0.1, 0.15) is 5.75 Å². The molecule has 6 heteroatoms. The lowest BCUT2D eigenvalue weighted by atomic mass is 10.2. The Bertz CT molecular complexity index is 273. The number of carbonyl (C=O) groups excluding carboxylic acids is 1. The van der Waals surface area contributed by atoms with Crippen LogP contribution in [-0.4, -0.2) is 39.0 Å². The van der Waals surface area contributed by atoms with Gasteiger partial charge in [-0.1, -0.05) is 6.92 Å². The Morgan fingerprint density at radius 3 is 2.50 bits per heavy atom. The molecule has 0 heterocycles. The smallest absolute Gasteiger partial charge is 0.321 e. The molecule has 0 aromatic carbocycles. The van der Waals surface area contributed by atoms with Crippen molar-refractivity contribution in [3.8, 4) is 0 Å². The summed E-state index contributed by atoms with van der Waals surface area (Å²) < 4.78 is 27.2. The van der Waals surface area contributed by atoms with Crippen LogP contribution in [0.4, 0.5) is 0 Å². The third-order valence-electron chi connectivity index (χ3n) is 1.58. The van der Waals surface area contributed by atoms with Crippen molar-refractivity contribution in [3.05, 3.63) is 0 Å². The molecule has 0 radical (unpaired) electrons. The Balaban J connectivity index is 4.14. The van der Waals surface area contributed by atoms with E-state index < -0.39 is 21.6 Å². The number of hydrogen-bond acceptors (Lipinski definition) is 5. The van der Waals surface area contributed by atoms with E-state index in [0.29, 0.717) is 6.54 Å². The van der Waals surface area contributed by atoms with Crippen molar-refractivity contribution < 1.29 is 17.9 Å². The van der Waals surface area contributed by atoms with Gasteiger partial charge in [0.2, 0.25) is 0 Å². The van der Waals surface area contributed by atoms with Crippen LogP contribution >= 0.6 is 0 Å². The Kier molecular flexibility index (Phi) is 5.71. The summed E-state index contributed by atoms with van der Waals surface area (Å²) in [6.07, 6.45) is 0. The van der Waals surface area contributed by atoms with Crippen LogP contribution in [0.15, 0.2) is 0 Å². The molecule has 2 N–H and O–H groups in total. The van der Waals surface area contributed by atoms with Crippen LogP contribution in [0.1, 0.15) is 13.8 Å². The fraction of sp³-hybridized carbons (Fsp3) is 0.875. The maximum atomic E-state index is 11.3. The highest BCUT2D eigenvalue weighted by Gasteiger charge is 2.19. The molecular formula is C8H17NO4S. The molecule has 0 saturated heterocycles. The first-order valence-electron chi connectivity index (χ1n) is 4.47. The van der Waals surface area contributed by atoms with Crippen LogP contribution in [0.3, 0.4) is 0 Å². The molecule has 0 rings (SSSR count). The van der Waals surface area contributed by atoms with Gasteiger partial charge in [-0.05, 0) is 19.4 Å². The molecule has 0 saturated carbocycles. The molecule has 5 nitrogen and oxygen atoms in total. The topological polar surface area (TPSA) is 86.5 Å². The van der Waals surface area contributed by atoms with Crippen molar-refractivity contribution in [1.82, 2.24) is 0 Å². The molecule has 0 aromatic rings. The van der Waals surface area contributed by atoms with E-state index in [2.05, 4.69) is 4.74 Å². The average molecular weight is 223 g/mol. The first-order valence-corrected chi connectivity index (χ1v) is 6.29. The van der Waals surface area contributed by atoms with Gasteiger partial charge in [-0.25, -0.2) is 8.42 Å². The van der Waals surface area contributed by atoms with E-state index >= 15 is 0 Å². The fourth-order valence-corrected chi connectivity index (χ4v) is 2.51. The molecule has 1 unspecified atom stereocenters. The summed E-state index contributed by atoms with van der Waals surface area (Å²) in [4.78, 5) is 10.9. The number of ether oxygens (including phenoxy) is 1. The number of sulfone groups is 1. The minimum Gasteiger partial charge on any atom is -0.465 e. The third-order valence-corrected chi connectivity index (χ3v) is 3.34. The summed E-state index contributed by atoms with van der Waals surface area (Å²) in [6.45, 7) is 3.85. The first kappa shape index (κ1) is 13.4. The molecular weight excluding hydrogens is 206 g/mol. The van der Waals surface area contributed by atoms with Crippen molar-refractivity contribution in [3.63, 3.8) is 0 Å². The second-order valence-corrected chi connectivity index (χ2v) is 5.31. The van der Waals surface area contributed by atoms with Crippen LogP contribution in [0.25, 0.3) is 0 Å². The average Bonchev–Trinajstić information content (AvgIpc) is 2.02. The highest BCUT2D eigenvalue weighted by atomic mass is 32.2. The largest absolute Gasteiger partial charge is 0.465 e. The predicted molar refractivity (Wildman–Crippen MR) is 53.5 cm³/mol. The lowest BCUT2D eigenvalue weighted by molar-refractivity contribution is -0.139. The third kappa shape index (κ3) is 5.93. The van der Waals surface area contributed by atoms with Gasteiger partial charge in [-0.15, -0.1) is 0 Å². The van der Waals surface area contributed by atoms with Crippen molar-refractivity contribution >= 4 is 15.8 Å². The molecule has 0 fully saturated rings. The Morgan fingerprint density at radius 2 is 2.07 bits per heavy atom. The molecule has 14 heavy (non-hydrogen) atoms. The van der Waals surface area contributed by atoms with Crippen molar-refractivity contribution in [2.75, 3.05) is 24.7 Å². The Hall–Kier alpha value is -0.620. The van der Waals surface area contributed by atoms with E-state index in [9.17, 15) is 13.2 Å². The number of hydrogen-bond donors (Lipinski definition) is 1. The van der Waals surface area contributed by atoms with E-state index in [1.165, 1.54) is 0 Å². The maximum absolute atomic E-state index is 11.3. The predicted octanol–water partition coefficient (Wildman–Crippen LogP) is -0.441. The van der Waals surface area contributed by atoms with E-state index in [1.807, 2.05) is 0 Å². The summed E-state index contributed by atoms with van der Waals surface area (Å²) in [5, 5.41) is 0. The van der Waals surface area contributed by atoms with Crippen LogP contribution in [-0.2, 0) is 19.4 Å². The second kappa shape index (κ2) is 5.98. The lowest BCUT2D eigenvalue weighted by Gasteiger charge is -2.08.